The number of aliphatic imine (C=N–C) groups is 1. The molecular weight excluding hydrogens is 254 g/mol. The van der Waals surface area contributed by atoms with Gasteiger partial charge < -0.3 is 20.5 Å². The highest BCUT2D eigenvalue weighted by molar-refractivity contribution is 5.78. The molecule has 0 bridgehead atoms. The third-order valence-electron chi connectivity index (χ3n) is 2.53. The highest BCUT2D eigenvalue weighted by Gasteiger charge is 2.05. The summed E-state index contributed by atoms with van der Waals surface area (Å²) in [4.78, 5) is 4.27. The Bertz CT molecular complexity index is 484. The van der Waals surface area contributed by atoms with Crippen LogP contribution in [0.1, 0.15) is 19.4 Å². The van der Waals surface area contributed by atoms with Gasteiger partial charge >= 0.3 is 0 Å². The maximum atomic E-state index is 5.76. The van der Waals surface area contributed by atoms with Crippen LogP contribution >= 0.6 is 0 Å². The minimum atomic E-state index is 0.404. The van der Waals surface area contributed by atoms with E-state index in [-0.39, 0.29) is 0 Å². The van der Waals surface area contributed by atoms with Crippen molar-refractivity contribution in [3.8, 4) is 11.5 Å². The van der Waals surface area contributed by atoms with Crippen molar-refractivity contribution in [2.75, 3.05) is 20.3 Å². The van der Waals surface area contributed by atoms with Crippen LogP contribution in [0.5, 0.6) is 11.5 Å². The predicted molar refractivity (Wildman–Crippen MR) is 82.3 cm³/mol. The molecule has 3 N–H and O–H groups in total. The second-order valence-corrected chi connectivity index (χ2v) is 4.43. The third-order valence-corrected chi connectivity index (χ3v) is 2.53. The summed E-state index contributed by atoms with van der Waals surface area (Å²) in [5.74, 6) is 1.84. The van der Waals surface area contributed by atoms with E-state index >= 15 is 0 Å². The van der Waals surface area contributed by atoms with Gasteiger partial charge in [-0.1, -0.05) is 18.2 Å². The Morgan fingerprint density at radius 2 is 2.15 bits per heavy atom. The molecule has 1 rings (SSSR count). The monoisotopic (exact) mass is 277 g/mol. The summed E-state index contributed by atoms with van der Waals surface area (Å²) in [6, 6.07) is 5.72. The minimum Gasteiger partial charge on any atom is -0.493 e. The molecule has 0 radical (unpaired) electrons. The van der Waals surface area contributed by atoms with Crippen LogP contribution in [0.4, 0.5) is 0 Å². The minimum absolute atomic E-state index is 0.404. The number of hydrogen-bond acceptors (Lipinski definition) is 3. The van der Waals surface area contributed by atoms with E-state index in [0.717, 1.165) is 16.9 Å². The zero-order valence-corrected chi connectivity index (χ0v) is 12.4. The SMILES string of the molecule is C=C(C)CNC(N)=NCc1ccc(OC)c(OCC)c1. The molecule has 0 saturated carbocycles. The van der Waals surface area contributed by atoms with Gasteiger partial charge in [0.25, 0.3) is 0 Å². The van der Waals surface area contributed by atoms with E-state index in [2.05, 4.69) is 16.9 Å². The molecule has 0 saturated heterocycles. The van der Waals surface area contributed by atoms with Crippen LogP contribution in [-0.4, -0.2) is 26.2 Å². The number of nitrogens with zero attached hydrogens (tertiary/aromatic N) is 1. The molecule has 1 aromatic rings. The largest absolute Gasteiger partial charge is 0.493 e. The van der Waals surface area contributed by atoms with Gasteiger partial charge in [0.1, 0.15) is 0 Å². The number of nitrogens with two attached hydrogens (primary N) is 1. The number of benzene rings is 1. The number of methoxy groups -OCH3 is 1. The van der Waals surface area contributed by atoms with Crippen molar-refractivity contribution in [2.24, 2.45) is 10.7 Å². The van der Waals surface area contributed by atoms with Gasteiger partial charge in [-0.25, -0.2) is 4.99 Å². The van der Waals surface area contributed by atoms with Crippen LogP contribution < -0.4 is 20.5 Å². The van der Waals surface area contributed by atoms with Gasteiger partial charge in [-0.3, -0.25) is 0 Å². The molecule has 0 amide bonds. The van der Waals surface area contributed by atoms with E-state index in [0.29, 0.717) is 31.4 Å². The number of ether oxygens (including phenoxy) is 2. The molecule has 5 nitrogen and oxygen atoms in total. The van der Waals surface area contributed by atoms with E-state index in [1.807, 2.05) is 32.0 Å². The summed E-state index contributed by atoms with van der Waals surface area (Å²) >= 11 is 0. The predicted octanol–water partition coefficient (Wildman–Crippen LogP) is 2.07. The Morgan fingerprint density at radius 3 is 2.75 bits per heavy atom. The molecule has 5 heteroatoms. The molecule has 0 aliphatic heterocycles. The molecule has 0 aromatic heterocycles. The van der Waals surface area contributed by atoms with E-state index in [4.69, 9.17) is 15.2 Å². The lowest BCUT2D eigenvalue weighted by molar-refractivity contribution is 0.310. The molecule has 20 heavy (non-hydrogen) atoms. The summed E-state index contributed by atoms with van der Waals surface area (Å²) in [5, 5.41) is 2.99. The molecule has 0 atom stereocenters. The Balaban J connectivity index is 2.70. The van der Waals surface area contributed by atoms with Crippen LogP contribution in [0.15, 0.2) is 35.3 Å². The summed E-state index contributed by atoms with van der Waals surface area (Å²) in [7, 11) is 1.62. The van der Waals surface area contributed by atoms with Crippen LogP contribution in [0, 0.1) is 0 Å². The quantitative estimate of drug-likeness (QED) is 0.455. The maximum Gasteiger partial charge on any atom is 0.189 e. The van der Waals surface area contributed by atoms with E-state index in [1.54, 1.807) is 7.11 Å². The number of rotatable bonds is 7. The van der Waals surface area contributed by atoms with Gasteiger partial charge in [0.2, 0.25) is 0 Å². The lowest BCUT2D eigenvalue weighted by Crippen LogP contribution is -2.32. The van der Waals surface area contributed by atoms with Gasteiger partial charge in [-0.2, -0.15) is 0 Å². The summed E-state index contributed by atoms with van der Waals surface area (Å²) in [5.41, 5.74) is 7.78. The molecular formula is C15H23N3O2. The number of hydrogen-bond donors (Lipinski definition) is 2. The normalized spacial score (nSPS) is 11.1. The Morgan fingerprint density at radius 1 is 1.40 bits per heavy atom. The maximum absolute atomic E-state index is 5.76. The molecule has 0 unspecified atom stereocenters. The van der Waals surface area contributed by atoms with Crippen molar-refractivity contribution in [2.45, 2.75) is 20.4 Å². The van der Waals surface area contributed by atoms with Gasteiger partial charge in [-0.15, -0.1) is 0 Å². The lowest BCUT2D eigenvalue weighted by Gasteiger charge is -2.10. The van der Waals surface area contributed by atoms with Crippen LogP contribution in [-0.2, 0) is 6.54 Å². The molecule has 0 heterocycles. The molecule has 1 aromatic carbocycles. The summed E-state index contributed by atoms with van der Waals surface area (Å²) in [6.07, 6.45) is 0. The van der Waals surface area contributed by atoms with Crippen molar-refractivity contribution < 1.29 is 9.47 Å². The Kier molecular flexibility index (Phi) is 6.43. The van der Waals surface area contributed by atoms with E-state index < -0.39 is 0 Å². The first-order valence-corrected chi connectivity index (χ1v) is 6.54. The van der Waals surface area contributed by atoms with Gasteiger partial charge in [0, 0.05) is 6.54 Å². The molecule has 0 fully saturated rings. The fourth-order valence-corrected chi connectivity index (χ4v) is 1.56. The Labute approximate surface area is 120 Å². The molecule has 0 aliphatic rings. The van der Waals surface area contributed by atoms with Crippen LogP contribution in [0.3, 0.4) is 0 Å². The highest BCUT2D eigenvalue weighted by Crippen LogP contribution is 2.28. The fourth-order valence-electron chi connectivity index (χ4n) is 1.56. The van der Waals surface area contributed by atoms with Crippen LogP contribution in [0.2, 0.25) is 0 Å². The summed E-state index contributed by atoms with van der Waals surface area (Å²) in [6.45, 7) is 9.36. The average Bonchev–Trinajstić information content (AvgIpc) is 2.43. The van der Waals surface area contributed by atoms with Crippen molar-refractivity contribution >= 4 is 5.96 Å². The van der Waals surface area contributed by atoms with Crippen molar-refractivity contribution in [3.63, 3.8) is 0 Å². The second-order valence-electron chi connectivity index (χ2n) is 4.43. The average molecular weight is 277 g/mol. The van der Waals surface area contributed by atoms with Gasteiger partial charge in [-0.05, 0) is 31.5 Å². The summed E-state index contributed by atoms with van der Waals surface area (Å²) < 4.78 is 10.8. The van der Waals surface area contributed by atoms with Crippen molar-refractivity contribution in [3.05, 3.63) is 35.9 Å². The zero-order valence-electron chi connectivity index (χ0n) is 12.4. The van der Waals surface area contributed by atoms with E-state index in [9.17, 15) is 0 Å². The Hall–Kier alpha value is -2.17. The standard InChI is InChI=1S/C15H23N3O2/c1-5-20-14-8-12(6-7-13(14)19-4)10-18-15(16)17-9-11(2)3/h6-8H,2,5,9-10H2,1,3-4H3,(H3,16,17,18). The van der Waals surface area contributed by atoms with Crippen molar-refractivity contribution in [1.29, 1.82) is 0 Å². The zero-order chi connectivity index (χ0) is 15.0. The molecule has 110 valence electrons. The topological polar surface area (TPSA) is 68.9 Å². The van der Waals surface area contributed by atoms with Gasteiger partial charge in [0.15, 0.2) is 17.5 Å². The first-order valence-electron chi connectivity index (χ1n) is 6.54. The molecule has 0 spiro atoms. The first-order chi connectivity index (χ1) is 9.56. The highest BCUT2D eigenvalue weighted by atomic mass is 16.5. The number of nitrogens with one attached hydrogen (secondary N) is 1. The third kappa shape index (κ3) is 5.22. The molecule has 0 aliphatic carbocycles. The second kappa shape index (κ2) is 8.09. The van der Waals surface area contributed by atoms with Crippen LogP contribution in [0.25, 0.3) is 0 Å². The number of guanidine groups is 1. The lowest BCUT2D eigenvalue weighted by atomic mass is 10.2. The smallest absolute Gasteiger partial charge is 0.189 e. The van der Waals surface area contributed by atoms with Gasteiger partial charge in [0.05, 0.1) is 20.3 Å². The van der Waals surface area contributed by atoms with E-state index in [1.165, 1.54) is 0 Å². The fraction of sp³-hybridized carbons (Fsp3) is 0.400. The van der Waals surface area contributed by atoms with Crippen molar-refractivity contribution in [1.82, 2.24) is 5.32 Å². The first kappa shape index (κ1) is 15.9.